The minimum Gasteiger partial charge on any atom is -0.427 e. The molecular formula is C17H27NO2. The van der Waals surface area contributed by atoms with E-state index in [0.29, 0.717) is 16.8 Å². The summed E-state index contributed by atoms with van der Waals surface area (Å²) in [5.41, 5.74) is 0.726. The zero-order chi connectivity index (χ0) is 15.2. The van der Waals surface area contributed by atoms with Crippen LogP contribution in [0.25, 0.3) is 0 Å². The normalized spacial score (nSPS) is 19.4. The molecule has 3 heteroatoms. The third kappa shape index (κ3) is 6.71. The fourth-order valence-corrected chi connectivity index (χ4v) is 2.67. The Balaban J connectivity index is 0.000000200. The molecule has 2 rings (SSSR count). The van der Waals surface area contributed by atoms with E-state index >= 15 is 0 Å². The highest BCUT2D eigenvalue weighted by molar-refractivity contribution is 5.69. The summed E-state index contributed by atoms with van der Waals surface area (Å²) in [4.78, 5) is 10.4. The monoisotopic (exact) mass is 277 g/mol. The van der Waals surface area contributed by atoms with E-state index in [4.69, 9.17) is 4.74 Å². The minimum absolute atomic E-state index is 0.286. The molecule has 0 aliphatic carbocycles. The van der Waals surface area contributed by atoms with Crippen LogP contribution in [-0.4, -0.2) is 17.0 Å². The van der Waals surface area contributed by atoms with Crippen molar-refractivity contribution in [2.75, 3.05) is 0 Å². The molecule has 0 amide bonds. The highest BCUT2D eigenvalue weighted by Gasteiger charge is 2.31. The predicted octanol–water partition coefficient (Wildman–Crippen LogP) is 3.93. The number of hydrogen-bond donors (Lipinski definition) is 1. The second kappa shape index (κ2) is 6.89. The molecule has 1 N–H and O–H groups in total. The average molecular weight is 277 g/mol. The lowest BCUT2D eigenvalue weighted by Gasteiger charge is -2.42. The van der Waals surface area contributed by atoms with Gasteiger partial charge in [-0.1, -0.05) is 18.2 Å². The van der Waals surface area contributed by atoms with Crippen molar-refractivity contribution >= 4 is 5.97 Å². The van der Waals surface area contributed by atoms with Crippen LogP contribution < -0.4 is 10.1 Å². The number of para-hydroxylation sites is 1. The van der Waals surface area contributed by atoms with Crippen LogP contribution in [0.15, 0.2) is 30.3 Å². The standard InChI is InChI=1S/C9H19N.C8H8O2/c1-8(2)6-5-7-9(3,4)10-8;1-7(9)10-8-5-3-2-4-6-8/h10H,5-7H2,1-4H3;2-6H,1H3. The molecular weight excluding hydrogens is 250 g/mol. The first-order chi connectivity index (χ1) is 9.20. The van der Waals surface area contributed by atoms with Gasteiger partial charge in [-0.25, -0.2) is 0 Å². The predicted molar refractivity (Wildman–Crippen MR) is 82.9 cm³/mol. The largest absolute Gasteiger partial charge is 0.427 e. The van der Waals surface area contributed by atoms with Gasteiger partial charge in [0.1, 0.15) is 5.75 Å². The van der Waals surface area contributed by atoms with Gasteiger partial charge in [-0.2, -0.15) is 0 Å². The van der Waals surface area contributed by atoms with Crippen molar-refractivity contribution in [3.63, 3.8) is 0 Å². The fourth-order valence-electron chi connectivity index (χ4n) is 2.67. The van der Waals surface area contributed by atoms with E-state index in [1.54, 1.807) is 12.1 Å². The van der Waals surface area contributed by atoms with Gasteiger partial charge >= 0.3 is 5.97 Å². The average Bonchev–Trinajstić information content (AvgIpc) is 2.26. The Kier molecular flexibility index (Phi) is 5.75. The molecule has 20 heavy (non-hydrogen) atoms. The van der Waals surface area contributed by atoms with Crippen molar-refractivity contribution in [3.8, 4) is 5.75 Å². The SMILES string of the molecule is CC(=O)Oc1ccccc1.CC1(C)CCCC(C)(C)N1. The first-order valence-electron chi connectivity index (χ1n) is 7.23. The molecule has 0 spiro atoms. The van der Waals surface area contributed by atoms with E-state index in [1.807, 2.05) is 18.2 Å². The van der Waals surface area contributed by atoms with Gasteiger partial charge in [0.15, 0.2) is 0 Å². The number of hydrogen-bond acceptors (Lipinski definition) is 3. The van der Waals surface area contributed by atoms with Crippen molar-refractivity contribution in [3.05, 3.63) is 30.3 Å². The van der Waals surface area contributed by atoms with Gasteiger partial charge in [0.05, 0.1) is 0 Å². The lowest BCUT2D eigenvalue weighted by atomic mass is 9.83. The van der Waals surface area contributed by atoms with E-state index in [2.05, 4.69) is 33.0 Å². The quantitative estimate of drug-likeness (QED) is 0.624. The Labute approximate surface area is 122 Å². The number of carbonyl (C=O) groups excluding carboxylic acids is 1. The second-order valence-corrected chi connectivity index (χ2v) is 6.65. The summed E-state index contributed by atoms with van der Waals surface area (Å²) in [6.45, 7) is 10.5. The van der Waals surface area contributed by atoms with Gasteiger partial charge in [0, 0.05) is 18.0 Å². The summed E-state index contributed by atoms with van der Waals surface area (Å²) in [7, 11) is 0. The minimum atomic E-state index is -0.286. The van der Waals surface area contributed by atoms with Crippen LogP contribution in [0.1, 0.15) is 53.9 Å². The van der Waals surface area contributed by atoms with E-state index in [-0.39, 0.29) is 5.97 Å². The van der Waals surface area contributed by atoms with Crippen molar-refractivity contribution in [1.82, 2.24) is 5.32 Å². The summed E-state index contributed by atoms with van der Waals surface area (Å²) in [6.07, 6.45) is 4.00. The Morgan fingerprint density at radius 3 is 1.90 bits per heavy atom. The smallest absolute Gasteiger partial charge is 0.308 e. The summed E-state index contributed by atoms with van der Waals surface area (Å²) in [6, 6.07) is 8.98. The molecule has 1 heterocycles. The molecule has 0 unspecified atom stereocenters. The highest BCUT2D eigenvalue weighted by atomic mass is 16.5. The van der Waals surface area contributed by atoms with Crippen LogP contribution in [0.4, 0.5) is 0 Å². The first-order valence-corrected chi connectivity index (χ1v) is 7.23. The number of piperidine rings is 1. The molecule has 1 saturated heterocycles. The molecule has 1 aliphatic rings. The number of rotatable bonds is 1. The van der Waals surface area contributed by atoms with Crippen molar-refractivity contribution in [2.24, 2.45) is 0 Å². The molecule has 0 saturated carbocycles. The molecule has 3 nitrogen and oxygen atoms in total. The maximum Gasteiger partial charge on any atom is 0.308 e. The van der Waals surface area contributed by atoms with Gasteiger partial charge in [0.25, 0.3) is 0 Å². The Hall–Kier alpha value is -1.35. The van der Waals surface area contributed by atoms with Crippen LogP contribution >= 0.6 is 0 Å². The van der Waals surface area contributed by atoms with Gasteiger partial charge in [-0.15, -0.1) is 0 Å². The fraction of sp³-hybridized carbons (Fsp3) is 0.588. The van der Waals surface area contributed by atoms with Crippen molar-refractivity contribution in [2.45, 2.75) is 65.0 Å². The van der Waals surface area contributed by atoms with Crippen LogP contribution in [0, 0.1) is 0 Å². The number of ether oxygens (including phenoxy) is 1. The third-order valence-corrected chi connectivity index (χ3v) is 3.29. The molecule has 1 aliphatic heterocycles. The lowest BCUT2D eigenvalue weighted by molar-refractivity contribution is -0.131. The number of benzene rings is 1. The first kappa shape index (κ1) is 16.7. The molecule has 0 atom stereocenters. The summed E-state index contributed by atoms with van der Waals surface area (Å²) in [5, 5.41) is 3.63. The number of esters is 1. The van der Waals surface area contributed by atoms with Gasteiger partial charge in [-0.3, -0.25) is 4.79 Å². The van der Waals surface area contributed by atoms with Gasteiger partial charge < -0.3 is 10.1 Å². The molecule has 1 fully saturated rings. The molecule has 0 aromatic heterocycles. The topological polar surface area (TPSA) is 38.3 Å². The van der Waals surface area contributed by atoms with Crippen LogP contribution in [-0.2, 0) is 4.79 Å². The zero-order valence-corrected chi connectivity index (χ0v) is 13.3. The maximum absolute atomic E-state index is 10.4. The van der Waals surface area contributed by atoms with Crippen LogP contribution in [0.5, 0.6) is 5.75 Å². The third-order valence-electron chi connectivity index (χ3n) is 3.29. The Morgan fingerprint density at radius 1 is 1.05 bits per heavy atom. The van der Waals surface area contributed by atoms with Crippen LogP contribution in [0.2, 0.25) is 0 Å². The van der Waals surface area contributed by atoms with Gasteiger partial charge in [-0.05, 0) is 59.1 Å². The molecule has 1 aromatic carbocycles. The molecule has 112 valence electrons. The number of nitrogens with one attached hydrogen (secondary N) is 1. The summed E-state index contributed by atoms with van der Waals surface area (Å²) < 4.78 is 4.78. The highest BCUT2D eigenvalue weighted by Crippen LogP contribution is 2.27. The lowest BCUT2D eigenvalue weighted by Crippen LogP contribution is -2.55. The molecule has 0 radical (unpaired) electrons. The Bertz CT molecular complexity index is 410. The summed E-state index contributed by atoms with van der Waals surface area (Å²) in [5.74, 6) is 0.307. The van der Waals surface area contributed by atoms with Crippen molar-refractivity contribution < 1.29 is 9.53 Å². The van der Waals surface area contributed by atoms with Crippen LogP contribution in [0.3, 0.4) is 0 Å². The number of carbonyl (C=O) groups is 1. The Morgan fingerprint density at radius 2 is 1.55 bits per heavy atom. The van der Waals surface area contributed by atoms with Crippen molar-refractivity contribution in [1.29, 1.82) is 0 Å². The van der Waals surface area contributed by atoms with E-state index in [0.717, 1.165) is 0 Å². The maximum atomic E-state index is 10.4. The summed E-state index contributed by atoms with van der Waals surface area (Å²) >= 11 is 0. The van der Waals surface area contributed by atoms with E-state index in [9.17, 15) is 4.79 Å². The van der Waals surface area contributed by atoms with E-state index in [1.165, 1.54) is 26.2 Å². The zero-order valence-electron chi connectivity index (χ0n) is 13.3. The van der Waals surface area contributed by atoms with Gasteiger partial charge in [0.2, 0.25) is 0 Å². The molecule has 1 aromatic rings. The molecule has 0 bridgehead atoms. The van der Waals surface area contributed by atoms with E-state index < -0.39 is 0 Å². The second-order valence-electron chi connectivity index (χ2n) is 6.65.